The maximum atomic E-state index is 6.50. The number of nitrogens with two attached hydrogens (primary N) is 1. The van der Waals surface area contributed by atoms with Gasteiger partial charge >= 0.3 is 0 Å². The standard InChI is InChI=1S/C24H51N.H3NO/c1-4-7-10-13-16-19-22-25(23-20-17-14-11-8-5-2)24-21-18-15-12-9-6-3;1-2/h4-24H2,1-3H3;2H,1H2. The van der Waals surface area contributed by atoms with Gasteiger partial charge in [-0.2, -0.15) is 0 Å². The van der Waals surface area contributed by atoms with Gasteiger partial charge in [0.15, 0.2) is 0 Å². The van der Waals surface area contributed by atoms with E-state index in [4.69, 9.17) is 5.21 Å². The molecule has 0 aliphatic heterocycles. The van der Waals surface area contributed by atoms with Gasteiger partial charge in [0.2, 0.25) is 0 Å². The molecule has 0 radical (unpaired) electrons. The Morgan fingerprint density at radius 2 is 0.630 bits per heavy atom. The summed E-state index contributed by atoms with van der Waals surface area (Å²) in [6.07, 6.45) is 25.7. The highest BCUT2D eigenvalue weighted by molar-refractivity contribution is 4.60. The van der Waals surface area contributed by atoms with E-state index in [-0.39, 0.29) is 0 Å². The van der Waals surface area contributed by atoms with Gasteiger partial charge in [-0.15, -0.1) is 0 Å². The topological polar surface area (TPSA) is 49.5 Å². The van der Waals surface area contributed by atoms with Crippen molar-refractivity contribution in [1.29, 1.82) is 0 Å². The molecular weight excluding hydrogens is 332 g/mol. The summed E-state index contributed by atoms with van der Waals surface area (Å²) in [6.45, 7) is 11.0. The molecule has 0 atom stereocenters. The van der Waals surface area contributed by atoms with Gasteiger partial charge in [0, 0.05) is 0 Å². The summed E-state index contributed by atoms with van der Waals surface area (Å²) in [7, 11) is 0. The summed E-state index contributed by atoms with van der Waals surface area (Å²) >= 11 is 0. The van der Waals surface area contributed by atoms with Crippen LogP contribution in [0.1, 0.15) is 136 Å². The molecule has 0 fully saturated rings. The Labute approximate surface area is 172 Å². The first kappa shape index (κ1) is 29.1. The molecular formula is C24H54N2O. The minimum atomic E-state index is 1.36. The molecule has 0 unspecified atom stereocenters. The van der Waals surface area contributed by atoms with Crippen molar-refractivity contribution in [3.8, 4) is 0 Å². The van der Waals surface area contributed by atoms with E-state index in [1.807, 2.05) is 0 Å². The lowest BCUT2D eigenvalue weighted by Crippen LogP contribution is -2.27. The summed E-state index contributed by atoms with van der Waals surface area (Å²) in [4.78, 5) is 2.79. The van der Waals surface area contributed by atoms with E-state index in [1.165, 1.54) is 135 Å². The van der Waals surface area contributed by atoms with Crippen molar-refractivity contribution in [3.05, 3.63) is 0 Å². The normalized spacial score (nSPS) is 10.9. The zero-order valence-electron chi connectivity index (χ0n) is 19.3. The molecule has 0 aromatic heterocycles. The van der Waals surface area contributed by atoms with Gasteiger partial charge in [0.1, 0.15) is 0 Å². The summed E-state index contributed by atoms with van der Waals surface area (Å²) in [6, 6.07) is 0. The van der Waals surface area contributed by atoms with Crippen LogP contribution in [0.4, 0.5) is 0 Å². The Morgan fingerprint density at radius 1 is 0.407 bits per heavy atom. The average Bonchev–Trinajstić information content (AvgIpc) is 2.70. The van der Waals surface area contributed by atoms with E-state index in [0.29, 0.717) is 0 Å². The van der Waals surface area contributed by atoms with Gasteiger partial charge < -0.3 is 10.1 Å². The predicted molar refractivity (Wildman–Crippen MR) is 123 cm³/mol. The van der Waals surface area contributed by atoms with E-state index in [2.05, 4.69) is 31.6 Å². The highest BCUT2D eigenvalue weighted by Gasteiger charge is 2.05. The molecule has 27 heavy (non-hydrogen) atoms. The molecule has 0 aromatic rings. The van der Waals surface area contributed by atoms with Crippen LogP contribution in [-0.2, 0) is 0 Å². The first-order chi connectivity index (χ1) is 13.3. The third-order valence-corrected chi connectivity index (χ3v) is 5.48. The first-order valence-corrected chi connectivity index (χ1v) is 12.3. The van der Waals surface area contributed by atoms with Crippen molar-refractivity contribution < 1.29 is 5.21 Å². The van der Waals surface area contributed by atoms with Gasteiger partial charge in [0.05, 0.1) is 0 Å². The van der Waals surface area contributed by atoms with Gasteiger partial charge in [-0.05, 0) is 38.9 Å². The number of unbranched alkanes of at least 4 members (excludes halogenated alkanes) is 15. The minimum Gasteiger partial charge on any atom is -0.320 e. The second-order valence-corrected chi connectivity index (χ2v) is 8.14. The molecule has 3 N–H and O–H groups in total. The highest BCUT2D eigenvalue weighted by atomic mass is 16.4. The van der Waals surface area contributed by atoms with E-state index in [9.17, 15) is 0 Å². The Hall–Kier alpha value is -0.120. The van der Waals surface area contributed by atoms with Crippen LogP contribution in [0.5, 0.6) is 0 Å². The molecule has 0 saturated heterocycles. The number of hydrogen-bond donors (Lipinski definition) is 2. The zero-order valence-corrected chi connectivity index (χ0v) is 19.3. The molecule has 166 valence electrons. The second-order valence-electron chi connectivity index (χ2n) is 8.14. The van der Waals surface area contributed by atoms with E-state index in [0.717, 1.165) is 0 Å². The molecule has 0 aromatic carbocycles. The summed E-state index contributed by atoms with van der Waals surface area (Å²) in [5, 5.41) is 6.50. The van der Waals surface area contributed by atoms with Gasteiger partial charge in [0.25, 0.3) is 0 Å². The van der Waals surface area contributed by atoms with Crippen LogP contribution in [0, 0.1) is 0 Å². The maximum Gasteiger partial charge on any atom is -0.00187 e. The SMILES string of the molecule is CCCCCCCCN(CCCCCCCC)CCCCCCCC.NO. The maximum absolute atomic E-state index is 6.50. The number of nitrogens with zero attached hydrogens (tertiary/aromatic N) is 1. The first-order valence-electron chi connectivity index (χ1n) is 12.3. The van der Waals surface area contributed by atoms with Crippen LogP contribution in [0.3, 0.4) is 0 Å². The highest BCUT2D eigenvalue weighted by Crippen LogP contribution is 2.11. The molecule has 0 aliphatic rings. The summed E-state index contributed by atoms with van der Waals surface area (Å²) < 4.78 is 0. The van der Waals surface area contributed by atoms with E-state index in [1.54, 1.807) is 0 Å². The molecule has 3 heteroatoms. The number of hydrogen-bond acceptors (Lipinski definition) is 3. The van der Waals surface area contributed by atoms with Crippen LogP contribution >= 0.6 is 0 Å². The lowest BCUT2D eigenvalue weighted by atomic mass is 10.1. The Kier molecular flexibility index (Phi) is 30.3. The van der Waals surface area contributed by atoms with Crippen LogP contribution in [0.2, 0.25) is 0 Å². The van der Waals surface area contributed by atoms with Crippen molar-refractivity contribution in [3.63, 3.8) is 0 Å². The van der Waals surface area contributed by atoms with E-state index < -0.39 is 0 Å². The zero-order chi connectivity index (χ0) is 20.4. The fourth-order valence-electron chi connectivity index (χ4n) is 3.68. The fraction of sp³-hybridized carbons (Fsp3) is 1.00. The van der Waals surface area contributed by atoms with Gasteiger partial charge in [-0.3, -0.25) is 0 Å². The van der Waals surface area contributed by atoms with Crippen molar-refractivity contribution in [2.24, 2.45) is 5.90 Å². The third kappa shape index (κ3) is 25.9. The predicted octanol–water partition coefficient (Wildman–Crippen LogP) is 7.70. The lowest BCUT2D eigenvalue weighted by molar-refractivity contribution is 0.254. The summed E-state index contributed by atoms with van der Waals surface area (Å²) in [5.74, 6) is 3.50. The van der Waals surface area contributed by atoms with Crippen molar-refractivity contribution >= 4 is 0 Å². The fourth-order valence-corrected chi connectivity index (χ4v) is 3.68. The quantitative estimate of drug-likeness (QED) is 0.157. The van der Waals surface area contributed by atoms with Crippen LogP contribution in [-0.4, -0.2) is 29.7 Å². The summed E-state index contributed by atoms with van der Waals surface area (Å²) in [5.41, 5.74) is 0. The van der Waals surface area contributed by atoms with Crippen molar-refractivity contribution in [2.75, 3.05) is 19.6 Å². The smallest absolute Gasteiger partial charge is 0.00187 e. The van der Waals surface area contributed by atoms with Crippen molar-refractivity contribution in [2.45, 2.75) is 136 Å². The minimum absolute atomic E-state index is 1.36. The molecule has 0 aliphatic carbocycles. The second kappa shape index (κ2) is 28.1. The molecule has 0 rings (SSSR count). The Morgan fingerprint density at radius 3 is 0.889 bits per heavy atom. The third-order valence-electron chi connectivity index (χ3n) is 5.48. The molecule has 0 amide bonds. The number of rotatable bonds is 21. The molecule has 3 nitrogen and oxygen atoms in total. The van der Waals surface area contributed by atoms with Crippen LogP contribution in [0.15, 0.2) is 0 Å². The Balaban J connectivity index is 0. The molecule has 0 heterocycles. The van der Waals surface area contributed by atoms with Gasteiger partial charge in [-0.1, -0.05) is 117 Å². The molecule has 0 spiro atoms. The Bertz CT molecular complexity index is 198. The van der Waals surface area contributed by atoms with Crippen molar-refractivity contribution in [1.82, 2.24) is 4.90 Å². The average molecular weight is 387 g/mol. The van der Waals surface area contributed by atoms with Crippen LogP contribution < -0.4 is 5.90 Å². The molecule has 0 bridgehead atoms. The lowest BCUT2D eigenvalue weighted by Gasteiger charge is -2.22. The monoisotopic (exact) mass is 386 g/mol. The largest absolute Gasteiger partial charge is 0.320 e. The van der Waals surface area contributed by atoms with Gasteiger partial charge in [-0.25, -0.2) is 5.90 Å². The van der Waals surface area contributed by atoms with Crippen LogP contribution in [0.25, 0.3) is 0 Å². The molecule has 0 saturated carbocycles. The van der Waals surface area contributed by atoms with E-state index >= 15 is 0 Å².